The molecule has 0 aliphatic carbocycles. The molecular weight excluding hydrogens is 236 g/mol. The van der Waals surface area contributed by atoms with Crippen molar-refractivity contribution < 1.29 is 14.8 Å². The van der Waals surface area contributed by atoms with Gasteiger partial charge in [-0.3, -0.25) is 10.1 Å². The maximum atomic E-state index is 10.9. The molecule has 1 heterocycles. The monoisotopic (exact) mass is 252 g/mol. The molecule has 2 rings (SSSR count). The van der Waals surface area contributed by atoms with Crippen LogP contribution in [0.15, 0.2) is 18.2 Å². The van der Waals surface area contributed by atoms with E-state index in [9.17, 15) is 10.1 Å². The van der Waals surface area contributed by atoms with Crippen molar-refractivity contribution in [2.45, 2.75) is 25.6 Å². The highest BCUT2D eigenvalue weighted by atomic mass is 16.6. The van der Waals surface area contributed by atoms with Crippen molar-refractivity contribution in [3.63, 3.8) is 0 Å². The molecule has 0 saturated carbocycles. The minimum Gasteiger partial charge on any atom is -0.392 e. The van der Waals surface area contributed by atoms with E-state index in [2.05, 4.69) is 5.32 Å². The lowest BCUT2D eigenvalue weighted by Gasteiger charge is -2.12. The minimum absolute atomic E-state index is 0.0187. The van der Waals surface area contributed by atoms with Gasteiger partial charge in [-0.2, -0.15) is 0 Å². The molecule has 98 valence electrons. The molecule has 1 aliphatic rings. The first-order valence-electron chi connectivity index (χ1n) is 5.94. The zero-order valence-corrected chi connectivity index (χ0v) is 9.96. The van der Waals surface area contributed by atoms with Gasteiger partial charge in [-0.25, -0.2) is 0 Å². The van der Waals surface area contributed by atoms with Crippen LogP contribution in [0.5, 0.6) is 0 Å². The third-order valence-electron chi connectivity index (χ3n) is 2.98. The molecule has 0 radical (unpaired) electrons. The van der Waals surface area contributed by atoms with E-state index >= 15 is 0 Å². The van der Waals surface area contributed by atoms with Crippen LogP contribution in [0.3, 0.4) is 0 Å². The molecule has 6 heteroatoms. The lowest BCUT2D eigenvalue weighted by Crippen LogP contribution is -2.19. The van der Waals surface area contributed by atoms with Gasteiger partial charge in [0.1, 0.15) is 5.69 Å². The molecule has 1 fully saturated rings. The first-order chi connectivity index (χ1) is 8.70. The van der Waals surface area contributed by atoms with E-state index in [0.717, 1.165) is 19.4 Å². The summed E-state index contributed by atoms with van der Waals surface area (Å²) in [4.78, 5) is 10.5. The van der Waals surface area contributed by atoms with Crippen LogP contribution in [-0.4, -0.2) is 29.3 Å². The maximum Gasteiger partial charge on any atom is 0.292 e. The smallest absolute Gasteiger partial charge is 0.292 e. The van der Waals surface area contributed by atoms with Crippen molar-refractivity contribution in [1.29, 1.82) is 0 Å². The van der Waals surface area contributed by atoms with Gasteiger partial charge in [0, 0.05) is 19.2 Å². The van der Waals surface area contributed by atoms with E-state index in [1.54, 1.807) is 12.1 Å². The second kappa shape index (κ2) is 5.79. The number of nitrogens with one attached hydrogen (secondary N) is 1. The van der Waals surface area contributed by atoms with Gasteiger partial charge in [0.05, 0.1) is 17.6 Å². The Labute approximate surface area is 105 Å². The number of nitrogens with zero attached hydrogens (tertiary/aromatic N) is 1. The molecule has 2 N–H and O–H groups in total. The SMILES string of the molecule is O=[N+]([O-])c1ccc(CO)cc1NC[C@@H]1CCCO1. The Kier molecular flexibility index (Phi) is 4.11. The Morgan fingerprint density at radius 3 is 3.00 bits per heavy atom. The van der Waals surface area contributed by atoms with Crippen LogP contribution >= 0.6 is 0 Å². The largest absolute Gasteiger partial charge is 0.392 e. The van der Waals surface area contributed by atoms with E-state index in [-0.39, 0.29) is 18.4 Å². The number of hydrogen-bond acceptors (Lipinski definition) is 5. The van der Waals surface area contributed by atoms with Gasteiger partial charge in [0.2, 0.25) is 0 Å². The highest BCUT2D eigenvalue weighted by Gasteiger charge is 2.18. The number of nitro benzene ring substituents is 1. The van der Waals surface area contributed by atoms with Crippen LogP contribution in [0.2, 0.25) is 0 Å². The number of nitro groups is 1. The van der Waals surface area contributed by atoms with Crippen LogP contribution < -0.4 is 5.32 Å². The van der Waals surface area contributed by atoms with E-state index in [4.69, 9.17) is 9.84 Å². The third-order valence-corrected chi connectivity index (χ3v) is 2.98. The fourth-order valence-corrected chi connectivity index (χ4v) is 2.01. The molecular formula is C12H16N2O4. The Bertz CT molecular complexity index is 430. The molecule has 1 aliphatic heterocycles. The van der Waals surface area contributed by atoms with Crippen molar-refractivity contribution in [3.8, 4) is 0 Å². The zero-order valence-electron chi connectivity index (χ0n) is 9.96. The lowest BCUT2D eigenvalue weighted by atomic mass is 10.1. The van der Waals surface area contributed by atoms with Crippen LogP contribution in [0.4, 0.5) is 11.4 Å². The number of ether oxygens (including phenoxy) is 1. The number of hydrogen-bond donors (Lipinski definition) is 2. The van der Waals surface area contributed by atoms with Crippen molar-refractivity contribution >= 4 is 11.4 Å². The highest BCUT2D eigenvalue weighted by Crippen LogP contribution is 2.26. The summed E-state index contributed by atoms with van der Waals surface area (Å²) < 4.78 is 5.45. The maximum absolute atomic E-state index is 10.9. The predicted octanol–water partition coefficient (Wildman–Crippen LogP) is 1.68. The Morgan fingerprint density at radius 1 is 1.56 bits per heavy atom. The number of anilines is 1. The third kappa shape index (κ3) is 2.96. The number of aliphatic hydroxyl groups is 1. The second-order valence-corrected chi connectivity index (χ2v) is 4.28. The number of benzene rings is 1. The highest BCUT2D eigenvalue weighted by molar-refractivity contribution is 5.62. The van der Waals surface area contributed by atoms with E-state index in [1.807, 2.05) is 0 Å². The summed E-state index contributed by atoms with van der Waals surface area (Å²) in [5.74, 6) is 0. The summed E-state index contributed by atoms with van der Waals surface area (Å²) in [6.45, 7) is 1.17. The van der Waals surface area contributed by atoms with Gasteiger partial charge >= 0.3 is 0 Å². The fraction of sp³-hybridized carbons (Fsp3) is 0.500. The first kappa shape index (κ1) is 12.8. The minimum atomic E-state index is -0.432. The molecule has 0 bridgehead atoms. The molecule has 18 heavy (non-hydrogen) atoms. The summed E-state index contributed by atoms with van der Waals surface area (Å²) >= 11 is 0. The summed E-state index contributed by atoms with van der Waals surface area (Å²) in [5.41, 5.74) is 1.10. The van der Waals surface area contributed by atoms with Crippen LogP contribution in [0.25, 0.3) is 0 Å². The molecule has 1 aromatic carbocycles. The molecule has 1 aromatic rings. The van der Waals surface area contributed by atoms with Gasteiger partial charge < -0.3 is 15.2 Å². The van der Waals surface area contributed by atoms with Crippen LogP contribution in [0.1, 0.15) is 18.4 Å². The molecule has 0 aromatic heterocycles. The van der Waals surface area contributed by atoms with Gasteiger partial charge in [-0.15, -0.1) is 0 Å². The van der Waals surface area contributed by atoms with Crippen molar-refractivity contribution in [2.75, 3.05) is 18.5 Å². The Morgan fingerprint density at radius 2 is 2.39 bits per heavy atom. The fourth-order valence-electron chi connectivity index (χ4n) is 2.01. The average molecular weight is 252 g/mol. The second-order valence-electron chi connectivity index (χ2n) is 4.28. The first-order valence-corrected chi connectivity index (χ1v) is 5.94. The van der Waals surface area contributed by atoms with Gasteiger partial charge in [-0.1, -0.05) is 0 Å². The van der Waals surface area contributed by atoms with Crippen molar-refractivity contribution in [1.82, 2.24) is 0 Å². The average Bonchev–Trinajstić information content (AvgIpc) is 2.88. The van der Waals surface area contributed by atoms with Gasteiger partial charge in [-0.05, 0) is 30.5 Å². The predicted molar refractivity (Wildman–Crippen MR) is 66.5 cm³/mol. The topological polar surface area (TPSA) is 84.6 Å². The molecule has 0 spiro atoms. The van der Waals surface area contributed by atoms with Gasteiger partial charge in [0.15, 0.2) is 0 Å². The molecule has 0 amide bonds. The lowest BCUT2D eigenvalue weighted by molar-refractivity contribution is -0.384. The van der Waals surface area contributed by atoms with E-state index in [0.29, 0.717) is 17.8 Å². The molecule has 6 nitrogen and oxygen atoms in total. The standard InChI is InChI=1S/C12H16N2O4/c15-8-9-3-4-12(14(16)17)11(6-9)13-7-10-2-1-5-18-10/h3-4,6,10,13,15H,1-2,5,7-8H2/t10-/m0/s1. The summed E-state index contributed by atoms with van der Waals surface area (Å²) in [7, 11) is 0. The van der Waals surface area contributed by atoms with Crippen molar-refractivity contribution in [3.05, 3.63) is 33.9 Å². The Balaban J connectivity index is 2.10. The molecule has 1 atom stereocenters. The molecule has 0 unspecified atom stereocenters. The number of rotatable bonds is 5. The zero-order chi connectivity index (χ0) is 13.0. The quantitative estimate of drug-likeness (QED) is 0.615. The summed E-state index contributed by atoms with van der Waals surface area (Å²) in [5, 5.41) is 23.0. The van der Waals surface area contributed by atoms with Crippen LogP contribution in [-0.2, 0) is 11.3 Å². The normalized spacial score (nSPS) is 18.8. The van der Waals surface area contributed by atoms with Crippen LogP contribution in [0, 0.1) is 10.1 Å². The summed E-state index contributed by atoms with van der Waals surface area (Å²) in [6, 6.07) is 4.56. The van der Waals surface area contributed by atoms with Gasteiger partial charge in [0.25, 0.3) is 5.69 Å². The van der Waals surface area contributed by atoms with Crippen molar-refractivity contribution in [2.24, 2.45) is 0 Å². The van der Waals surface area contributed by atoms with E-state index in [1.165, 1.54) is 6.07 Å². The van der Waals surface area contributed by atoms with E-state index < -0.39 is 4.92 Å². The number of aliphatic hydroxyl groups excluding tert-OH is 1. The molecule has 1 saturated heterocycles. The summed E-state index contributed by atoms with van der Waals surface area (Å²) in [6.07, 6.45) is 2.12. The Hall–Kier alpha value is -1.66.